The Morgan fingerprint density at radius 2 is 1.92 bits per heavy atom. The van der Waals surface area contributed by atoms with E-state index in [2.05, 4.69) is 31.1 Å². The van der Waals surface area contributed by atoms with Crippen LogP contribution in [0, 0.1) is 0 Å². The number of carbonyl (C=O) groups excluding carboxylic acids is 1. The molecule has 0 saturated carbocycles. The van der Waals surface area contributed by atoms with Crippen molar-refractivity contribution in [3.05, 3.63) is 52.1 Å². The number of nitrogens with zero attached hydrogens (tertiary/aromatic N) is 3. The van der Waals surface area contributed by atoms with Crippen LogP contribution in [0.15, 0.2) is 47.1 Å². The molecule has 1 saturated heterocycles. The van der Waals surface area contributed by atoms with Gasteiger partial charge in [-0.1, -0.05) is 23.7 Å². The van der Waals surface area contributed by atoms with Crippen molar-refractivity contribution in [3.8, 4) is 0 Å². The lowest BCUT2D eigenvalue weighted by atomic mass is 10.3. The molecule has 0 aliphatic carbocycles. The van der Waals surface area contributed by atoms with Gasteiger partial charge in [0, 0.05) is 36.8 Å². The first-order valence-corrected chi connectivity index (χ1v) is 8.93. The summed E-state index contributed by atoms with van der Waals surface area (Å²) in [4.78, 5) is 20.8. The van der Waals surface area contributed by atoms with Crippen LogP contribution in [0.4, 0.5) is 11.5 Å². The largest absolute Gasteiger partial charge is 0.375 e. The van der Waals surface area contributed by atoms with Crippen LogP contribution in [0.2, 0.25) is 5.02 Å². The van der Waals surface area contributed by atoms with Crippen LogP contribution in [-0.2, 0) is 4.79 Å². The Balaban J connectivity index is 1.50. The van der Waals surface area contributed by atoms with Gasteiger partial charge in [-0.2, -0.15) is 0 Å². The third-order valence-corrected chi connectivity index (χ3v) is 4.77. The number of pyridine rings is 1. The van der Waals surface area contributed by atoms with E-state index in [9.17, 15) is 4.79 Å². The third kappa shape index (κ3) is 4.19. The minimum atomic E-state index is 0.0818. The molecule has 3 rings (SSSR count). The molecule has 1 amide bonds. The lowest BCUT2D eigenvalue weighted by molar-refractivity contribution is -0.129. The summed E-state index contributed by atoms with van der Waals surface area (Å²) in [6, 6.07) is 11.4. The van der Waals surface area contributed by atoms with Crippen molar-refractivity contribution in [1.82, 2.24) is 9.88 Å². The first-order valence-electron chi connectivity index (χ1n) is 7.76. The van der Waals surface area contributed by atoms with E-state index in [1.54, 1.807) is 12.3 Å². The average Bonchev–Trinajstić information content (AvgIpc) is 2.62. The summed E-state index contributed by atoms with van der Waals surface area (Å²) >= 11 is 9.48. The van der Waals surface area contributed by atoms with E-state index >= 15 is 0 Å². The molecule has 1 aromatic heterocycles. The number of para-hydroxylation sites is 1. The van der Waals surface area contributed by atoms with E-state index < -0.39 is 0 Å². The summed E-state index contributed by atoms with van der Waals surface area (Å²) in [7, 11) is 0. The van der Waals surface area contributed by atoms with Crippen LogP contribution in [-0.4, -0.2) is 48.5 Å². The number of amides is 1. The van der Waals surface area contributed by atoms with Gasteiger partial charge in [0.1, 0.15) is 5.82 Å². The number of rotatable bonds is 4. The fourth-order valence-corrected chi connectivity index (χ4v) is 3.06. The molecule has 0 radical (unpaired) electrons. The van der Waals surface area contributed by atoms with Crippen LogP contribution >= 0.6 is 27.5 Å². The molecule has 1 N–H and O–H groups in total. The molecule has 1 aliphatic rings. The van der Waals surface area contributed by atoms with Crippen molar-refractivity contribution in [2.75, 3.05) is 42.9 Å². The van der Waals surface area contributed by atoms with Crippen LogP contribution in [0.3, 0.4) is 0 Å². The number of hydrogen-bond donors (Lipinski definition) is 1. The standard InChI is InChI=1S/C17H18BrClN4O/c18-13-5-6-16(21-11-13)22-7-9-23(10-8-22)17(24)12-20-15-4-2-1-3-14(15)19/h1-6,11,20H,7-10,12H2. The second-order valence-electron chi connectivity index (χ2n) is 5.54. The maximum absolute atomic E-state index is 12.4. The molecule has 5 nitrogen and oxygen atoms in total. The molecule has 0 bridgehead atoms. The second kappa shape index (κ2) is 7.85. The van der Waals surface area contributed by atoms with E-state index in [0.717, 1.165) is 29.1 Å². The van der Waals surface area contributed by atoms with E-state index in [-0.39, 0.29) is 12.5 Å². The first-order chi connectivity index (χ1) is 11.6. The molecule has 1 aromatic carbocycles. The molecule has 7 heteroatoms. The maximum Gasteiger partial charge on any atom is 0.241 e. The summed E-state index contributed by atoms with van der Waals surface area (Å²) in [6.45, 7) is 3.21. The van der Waals surface area contributed by atoms with Crippen LogP contribution in [0.25, 0.3) is 0 Å². The van der Waals surface area contributed by atoms with Gasteiger partial charge in [-0.05, 0) is 40.2 Å². The van der Waals surface area contributed by atoms with E-state index in [1.165, 1.54) is 0 Å². The molecule has 24 heavy (non-hydrogen) atoms. The lowest BCUT2D eigenvalue weighted by Crippen LogP contribution is -2.50. The lowest BCUT2D eigenvalue weighted by Gasteiger charge is -2.35. The van der Waals surface area contributed by atoms with E-state index in [1.807, 2.05) is 35.2 Å². The summed E-state index contributed by atoms with van der Waals surface area (Å²) in [5.41, 5.74) is 0.783. The Morgan fingerprint density at radius 1 is 1.17 bits per heavy atom. The Kier molecular flexibility index (Phi) is 5.58. The van der Waals surface area contributed by atoms with Gasteiger partial charge < -0.3 is 15.1 Å². The number of nitrogens with one attached hydrogen (secondary N) is 1. The monoisotopic (exact) mass is 408 g/mol. The van der Waals surface area contributed by atoms with E-state index in [4.69, 9.17) is 11.6 Å². The van der Waals surface area contributed by atoms with Crippen LogP contribution < -0.4 is 10.2 Å². The number of hydrogen-bond acceptors (Lipinski definition) is 4. The fourth-order valence-electron chi connectivity index (χ4n) is 2.63. The highest BCUT2D eigenvalue weighted by Gasteiger charge is 2.21. The smallest absolute Gasteiger partial charge is 0.241 e. The summed E-state index contributed by atoms with van der Waals surface area (Å²) < 4.78 is 0.964. The molecular formula is C17H18BrClN4O. The molecule has 0 unspecified atom stereocenters. The van der Waals surface area contributed by atoms with Gasteiger partial charge in [0.15, 0.2) is 0 Å². The number of benzene rings is 1. The quantitative estimate of drug-likeness (QED) is 0.842. The third-order valence-electron chi connectivity index (χ3n) is 3.97. The van der Waals surface area contributed by atoms with Crippen LogP contribution in [0.5, 0.6) is 0 Å². The Morgan fingerprint density at radius 3 is 2.58 bits per heavy atom. The molecule has 126 valence electrons. The zero-order chi connectivity index (χ0) is 16.9. The number of carbonyl (C=O) groups is 1. The molecule has 2 heterocycles. The number of aromatic nitrogens is 1. The van der Waals surface area contributed by atoms with Crippen molar-refractivity contribution in [1.29, 1.82) is 0 Å². The van der Waals surface area contributed by atoms with Crippen molar-refractivity contribution in [2.24, 2.45) is 0 Å². The fraction of sp³-hybridized carbons (Fsp3) is 0.294. The van der Waals surface area contributed by atoms with Crippen molar-refractivity contribution >= 4 is 44.9 Å². The Bertz CT molecular complexity index is 702. The highest BCUT2D eigenvalue weighted by atomic mass is 79.9. The average molecular weight is 410 g/mol. The van der Waals surface area contributed by atoms with Crippen molar-refractivity contribution < 1.29 is 4.79 Å². The van der Waals surface area contributed by atoms with Crippen molar-refractivity contribution in [3.63, 3.8) is 0 Å². The number of piperazine rings is 1. The predicted molar refractivity (Wildman–Crippen MR) is 101 cm³/mol. The van der Waals surface area contributed by atoms with Gasteiger partial charge in [-0.3, -0.25) is 4.79 Å². The van der Waals surface area contributed by atoms with Crippen LogP contribution in [0.1, 0.15) is 0 Å². The molecule has 0 spiro atoms. The molecule has 1 aliphatic heterocycles. The normalized spacial score (nSPS) is 14.6. The van der Waals surface area contributed by atoms with Gasteiger partial charge in [-0.15, -0.1) is 0 Å². The minimum absolute atomic E-state index is 0.0818. The minimum Gasteiger partial charge on any atom is -0.375 e. The topological polar surface area (TPSA) is 48.5 Å². The molecule has 1 fully saturated rings. The maximum atomic E-state index is 12.4. The van der Waals surface area contributed by atoms with Gasteiger partial charge in [0.25, 0.3) is 0 Å². The molecular weight excluding hydrogens is 392 g/mol. The summed E-state index contributed by atoms with van der Waals surface area (Å²) in [6.07, 6.45) is 1.79. The van der Waals surface area contributed by atoms with Crippen molar-refractivity contribution in [2.45, 2.75) is 0 Å². The number of halogens is 2. The van der Waals surface area contributed by atoms with Gasteiger partial charge in [0.05, 0.1) is 17.3 Å². The van der Waals surface area contributed by atoms with Gasteiger partial charge in [-0.25, -0.2) is 4.98 Å². The Hall–Kier alpha value is -1.79. The summed E-state index contributed by atoms with van der Waals surface area (Å²) in [5.74, 6) is 1.03. The van der Waals surface area contributed by atoms with Gasteiger partial charge in [0.2, 0.25) is 5.91 Å². The predicted octanol–water partition coefficient (Wildman–Crippen LogP) is 3.26. The zero-order valence-corrected chi connectivity index (χ0v) is 15.4. The highest BCUT2D eigenvalue weighted by Crippen LogP contribution is 2.20. The molecule has 2 aromatic rings. The first kappa shape index (κ1) is 17.0. The van der Waals surface area contributed by atoms with E-state index in [0.29, 0.717) is 18.1 Å². The zero-order valence-electron chi connectivity index (χ0n) is 13.1. The Labute approximate surface area is 154 Å². The highest BCUT2D eigenvalue weighted by molar-refractivity contribution is 9.10. The van der Waals surface area contributed by atoms with Gasteiger partial charge >= 0.3 is 0 Å². The molecule has 0 atom stereocenters. The second-order valence-corrected chi connectivity index (χ2v) is 6.86. The number of anilines is 2. The summed E-state index contributed by atoms with van der Waals surface area (Å²) in [5, 5.41) is 3.73. The SMILES string of the molecule is O=C(CNc1ccccc1Cl)N1CCN(c2ccc(Br)cn2)CC1.